The van der Waals surface area contributed by atoms with E-state index >= 15 is 0 Å². The molecule has 6 nitrogen and oxygen atoms in total. The smallest absolute Gasteiger partial charge is 0.434 e. The minimum atomic E-state index is -0.711. The van der Waals surface area contributed by atoms with Crippen LogP contribution in [0.2, 0.25) is 0 Å². The maximum absolute atomic E-state index is 12.7. The molecule has 0 saturated heterocycles. The number of amides is 2. The molecule has 0 saturated carbocycles. The standard InChI is InChI=1S/C20H30N2O4/c1-13-8-9-14-10-11-15(12-16(13)14)22(18(24)26-20(5,6)7)21-17(23)25-19(2,3)4/h10-13H,8-9H2,1-7H3,(H,21,23). The second-order valence-electron chi connectivity index (χ2n) is 8.75. The highest BCUT2D eigenvalue weighted by atomic mass is 16.6. The van der Waals surface area contributed by atoms with Gasteiger partial charge in [0, 0.05) is 0 Å². The lowest BCUT2D eigenvalue weighted by molar-refractivity contribution is 0.0425. The lowest BCUT2D eigenvalue weighted by Gasteiger charge is -2.29. The summed E-state index contributed by atoms with van der Waals surface area (Å²) in [7, 11) is 0. The second-order valence-corrected chi connectivity index (χ2v) is 8.75. The van der Waals surface area contributed by atoms with Crippen molar-refractivity contribution in [2.45, 2.75) is 78.4 Å². The van der Waals surface area contributed by atoms with Gasteiger partial charge in [-0.2, -0.15) is 5.01 Å². The predicted molar refractivity (Wildman–Crippen MR) is 101 cm³/mol. The minimum Gasteiger partial charge on any atom is -0.443 e. The van der Waals surface area contributed by atoms with Gasteiger partial charge in [-0.05, 0) is 83.6 Å². The molecule has 1 aromatic carbocycles. The summed E-state index contributed by atoms with van der Waals surface area (Å²) in [5.74, 6) is 0.423. The number of carbonyl (C=O) groups is 2. The Morgan fingerprint density at radius 3 is 2.27 bits per heavy atom. The van der Waals surface area contributed by atoms with Gasteiger partial charge in [0.05, 0.1) is 5.69 Å². The summed E-state index contributed by atoms with van der Waals surface area (Å²) in [4.78, 5) is 24.9. The number of anilines is 1. The fourth-order valence-corrected chi connectivity index (χ4v) is 2.85. The van der Waals surface area contributed by atoms with Crippen LogP contribution in [0.25, 0.3) is 0 Å². The summed E-state index contributed by atoms with van der Waals surface area (Å²) in [6, 6.07) is 5.76. The number of nitrogens with zero attached hydrogens (tertiary/aromatic N) is 1. The van der Waals surface area contributed by atoms with Crippen LogP contribution in [0.1, 0.15) is 71.9 Å². The summed E-state index contributed by atoms with van der Waals surface area (Å²) in [5.41, 5.74) is 4.19. The SMILES string of the molecule is CC1CCc2ccc(N(NC(=O)OC(C)(C)C)C(=O)OC(C)(C)C)cc21. The molecule has 0 bridgehead atoms. The molecule has 0 aliphatic heterocycles. The van der Waals surface area contributed by atoms with Crippen molar-refractivity contribution >= 4 is 17.9 Å². The highest BCUT2D eigenvalue weighted by molar-refractivity contribution is 5.91. The van der Waals surface area contributed by atoms with Crippen molar-refractivity contribution in [1.29, 1.82) is 0 Å². The van der Waals surface area contributed by atoms with Gasteiger partial charge < -0.3 is 9.47 Å². The van der Waals surface area contributed by atoms with Crippen LogP contribution in [-0.2, 0) is 15.9 Å². The molecular formula is C20H30N2O4. The summed E-state index contributed by atoms with van der Waals surface area (Å²) in [6.07, 6.45) is 0.749. The van der Waals surface area contributed by atoms with Gasteiger partial charge >= 0.3 is 12.2 Å². The van der Waals surface area contributed by atoms with E-state index in [-0.39, 0.29) is 0 Å². The van der Waals surface area contributed by atoms with Crippen LogP contribution in [0.4, 0.5) is 15.3 Å². The molecule has 1 atom stereocenters. The second kappa shape index (κ2) is 7.17. The lowest BCUT2D eigenvalue weighted by Crippen LogP contribution is -2.50. The number of hydrazine groups is 1. The van der Waals surface area contributed by atoms with Gasteiger partial charge in [0.25, 0.3) is 0 Å². The number of carbonyl (C=O) groups excluding carboxylic acids is 2. The summed E-state index contributed by atoms with van der Waals surface area (Å²) in [6.45, 7) is 12.8. The Bertz CT molecular complexity index is 686. The van der Waals surface area contributed by atoms with Crippen LogP contribution in [0, 0.1) is 0 Å². The zero-order chi connectivity index (χ0) is 19.7. The summed E-state index contributed by atoms with van der Waals surface area (Å²) >= 11 is 0. The van der Waals surface area contributed by atoms with Crippen molar-refractivity contribution < 1.29 is 19.1 Å². The molecule has 0 fully saturated rings. The van der Waals surface area contributed by atoms with Crippen LogP contribution < -0.4 is 10.4 Å². The number of aryl methyl sites for hydroxylation is 1. The van der Waals surface area contributed by atoms with Crippen molar-refractivity contribution in [1.82, 2.24) is 5.43 Å². The highest BCUT2D eigenvalue weighted by Gasteiger charge is 2.29. The number of hydrogen-bond acceptors (Lipinski definition) is 4. The molecule has 1 aromatic rings. The third kappa shape index (κ3) is 5.38. The number of ether oxygens (including phenoxy) is 2. The molecule has 1 aliphatic carbocycles. The van der Waals surface area contributed by atoms with E-state index in [1.54, 1.807) is 41.5 Å². The van der Waals surface area contributed by atoms with Crippen molar-refractivity contribution in [3.05, 3.63) is 29.3 Å². The summed E-state index contributed by atoms with van der Waals surface area (Å²) < 4.78 is 10.7. The van der Waals surface area contributed by atoms with Gasteiger partial charge in [-0.15, -0.1) is 0 Å². The molecule has 1 aliphatic rings. The number of benzene rings is 1. The molecule has 0 heterocycles. The van der Waals surface area contributed by atoms with Crippen molar-refractivity contribution in [3.8, 4) is 0 Å². The fourth-order valence-electron chi connectivity index (χ4n) is 2.85. The molecule has 2 amide bonds. The van der Waals surface area contributed by atoms with E-state index in [4.69, 9.17) is 9.47 Å². The van der Waals surface area contributed by atoms with Gasteiger partial charge in [-0.3, -0.25) is 0 Å². The zero-order valence-electron chi connectivity index (χ0n) is 16.8. The van der Waals surface area contributed by atoms with Gasteiger partial charge in [0.15, 0.2) is 0 Å². The molecule has 26 heavy (non-hydrogen) atoms. The number of fused-ring (bicyclic) bond motifs is 1. The van der Waals surface area contributed by atoms with Crippen LogP contribution in [0.15, 0.2) is 18.2 Å². The first kappa shape index (κ1) is 20.1. The molecule has 2 rings (SSSR count). The van der Waals surface area contributed by atoms with Crippen molar-refractivity contribution in [2.75, 3.05) is 5.01 Å². The number of nitrogens with one attached hydrogen (secondary N) is 1. The first-order valence-corrected chi connectivity index (χ1v) is 9.01. The maximum Gasteiger partial charge on any atom is 0.434 e. The van der Waals surface area contributed by atoms with Crippen LogP contribution >= 0.6 is 0 Å². The molecule has 0 radical (unpaired) electrons. The Labute approximate surface area is 155 Å². The first-order valence-electron chi connectivity index (χ1n) is 9.01. The Balaban J connectivity index is 2.30. The molecule has 6 heteroatoms. The van der Waals surface area contributed by atoms with Gasteiger partial charge in [-0.1, -0.05) is 13.0 Å². The van der Waals surface area contributed by atoms with E-state index in [1.165, 1.54) is 11.1 Å². The Hall–Kier alpha value is -2.24. The molecule has 144 valence electrons. The average molecular weight is 362 g/mol. The minimum absolute atomic E-state index is 0.423. The quantitative estimate of drug-likeness (QED) is 0.720. The van der Waals surface area contributed by atoms with Gasteiger partial charge in [0.1, 0.15) is 11.2 Å². The third-order valence-corrected chi connectivity index (χ3v) is 3.94. The lowest BCUT2D eigenvalue weighted by atomic mass is 10.0. The molecular weight excluding hydrogens is 332 g/mol. The van der Waals surface area contributed by atoms with Crippen molar-refractivity contribution in [3.63, 3.8) is 0 Å². The predicted octanol–water partition coefficient (Wildman–Crippen LogP) is 4.92. The fraction of sp³-hybridized carbons (Fsp3) is 0.600. The van der Waals surface area contributed by atoms with E-state index < -0.39 is 23.4 Å². The van der Waals surface area contributed by atoms with E-state index in [9.17, 15) is 9.59 Å². The first-order chi connectivity index (χ1) is 11.9. The Morgan fingerprint density at radius 1 is 1.08 bits per heavy atom. The molecule has 0 spiro atoms. The molecule has 1 unspecified atom stereocenters. The van der Waals surface area contributed by atoms with E-state index in [1.807, 2.05) is 18.2 Å². The van der Waals surface area contributed by atoms with Crippen LogP contribution in [0.5, 0.6) is 0 Å². The largest absolute Gasteiger partial charge is 0.443 e. The van der Waals surface area contributed by atoms with Crippen LogP contribution in [-0.4, -0.2) is 23.4 Å². The van der Waals surface area contributed by atoms with E-state index in [2.05, 4.69) is 12.3 Å². The average Bonchev–Trinajstić information content (AvgIpc) is 2.82. The Morgan fingerprint density at radius 2 is 1.69 bits per heavy atom. The van der Waals surface area contributed by atoms with E-state index in [0.717, 1.165) is 17.9 Å². The normalized spacial score (nSPS) is 16.7. The Kier molecular flexibility index (Phi) is 5.54. The zero-order valence-corrected chi connectivity index (χ0v) is 16.8. The third-order valence-electron chi connectivity index (χ3n) is 3.94. The topological polar surface area (TPSA) is 67.9 Å². The number of hydrogen-bond donors (Lipinski definition) is 1. The van der Waals surface area contributed by atoms with Gasteiger partial charge in [0.2, 0.25) is 0 Å². The van der Waals surface area contributed by atoms with Gasteiger partial charge in [-0.25, -0.2) is 15.0 Å². The highest BCUT2D eigenvalue weighted by Crippen LogP contribution is 2.35. The monoisotopic (exact) mass is 362 g/mol. The van der Waals surface area contributed by atoms with Crippen LogP contribution in [0.3, 0.4) is 0 Å². The molecule has 1 N–H and O–H groups in total. The number of rotatable bonds is 1. The molecule has 0 aromatic heterocycles. The maximum atomic E-state index is 12.7. The van der Waals surface area contributed by atoms with E-state index in [0.29, 0.717) is 11.6 Å². The summed E-state index contributed by atoms with van der Waals surface area (Å²) in [5, 5.41) is 1.12. The van der Waals surface area contributed by atoms with Crippen molar-refractivity contribution in [2.24, 2.45) is 0 Å².